The molecule has 3 nitrogen and oxygen atoms in total. The summed E-state index contributed by atoms with van der Waals surface area (Å²) in [7, 11) is 0. The van der Waals surface area contributed by atoms with Crippen molar-refractivity contribution in [2.75, 3.05) is 5.32 Å². The van der Waals surface area contributed by atoms with Gasteiger partial charge in [-0.3, -0.25) is 4.79 Å². The largest absolute Gasteiger partial charge is 0.378 e. The van der Waals surface area contributed by atoms with Gasteiger partial charge in [-0.15, -0.1) is 0 Å². The van der Waals surface area contributed by atoms with Crippen molar-refractivity contribution < 1.29 is 13.6 Å². The molecule has 5 heteroatoms. The predicted octanol–water partition coefficient (Wildman–Crippen LogP) is 3.55. The molecular formula is C16H16F2N2O. The molecule has 1 unspecified atom stereocenters. The van der Waals surface area contributed by atoms with Crippen LogP contribution in [0.15, 0.2) is 36.4 Å². The van der Waals surface area contributed by atoms with E-state index in [0.29, 0.717) is 11.3 Å². The molecule has 0 spiro atoms. The summed E-state index contributed by atoms with van der Waals surface area (Å²) < 4.78 is 27.4. The number of nitrogens with two attached hydrogens (primary N) is 1. The Morgan fingerprint density at radius 2 is 1.81 bits per heavy atom. The number of carbonyl (C=O) groups excluding carboxylic acids is 1. The first-order chi connectivity index (χ1) is 9.90. The number of carbonyl (C=O) groups is 1. The van der Waals surface area contributed by atoms with Gasteiger partial charge in [0.15, 0.2) is 0 Å². The number of primary amides is 1. The number of halogens is 2. The minimum absolute atomic E-state index is 0.0429. The summed E-state index contributed by atoms with van der Waals surface area (Å²) >= 11 is 0. The third-order valence-electron chi connectivity index (χ3n) is 3.32. The molecule has 0 heterocycles. The third-order valence-corrected chi connectivity index (χ3v) is 3.32. The van der Waals surface area contributed by atoms with Crippen LogP contribution in [0.5, 0.6) is 0 Å². The quantitative estimate of drug-likeness (QED) is 0.904. The highest BCUT2D eigenvalue weighted by Gasteiger charge is 2.16. The first kappa shape index (κ1) is 15.0. The summed E-state index contributed by atoms with van der Waals surface area (Å²) in [6.45, 7) is 3.41. The lowest BCUT2D eigenvalue weighted by molar-refractivity contribution is 0.0999. The number of aryl methyl sites for hydroxylation is 1. The van der Waals surface area contributed by atoms with Gasteiger partial charge < -0.3 is 11.1 Å². The molecule has 2 aromatic carbocycles. The normalized spacial score (nSPS) is 12.0. The summed E-state index contributed by atoms with van der Waals surface area (Å²) in [5.41, 5.74) is 6.94. The molecule has 0 saturated heterocycles. The highest BCUT2D eigenvalue weighted by atomic mass is 19.1. The van der Waals surface area contributed by atoms with E-state index in [-0.39, 0.29) is 5.56 Å². The Bertz CT molecular complexity index is 666. The molecule has 110 valence electrons. The lowest BCUT2D eigenvalue weighted by Gasteiger charge is -2.18. The molecule has 0 bridgehead atoms. The molecule has 1 atom stereocenters. The second-order valence-corrected chi connectivity index (χ2v) is 4.90. The van der Waals surface area contributed by atoms with Gasteiger partial charge in [0, 0.05) is 16.8 Å². The van der Waals surface area contributed by atoms with E-state index in [2.05, 4.69) is 5.32 Å². The molecule has 2 aromatic rings. The van der Waals surface area contributed by atoms with E-state index in [1.54, 1.807) is 32.0 Å². The van der Waals surface area contributed by atoms with Gasteiger partial charge in [0.25, 0.3) is 0 Å². The molecule has 21 heavy (non-hydrogen) atoms. The molecular weight excluding hydrogens is 274 g/mol. The van der Waals surface area contributed by atoms with E-state index in [1.165, 1.54) is 18.2 Å². The van der Waals surface area contributed by atoms with Crippen LogP contribution in [-0.4, -0.2) is 5.91 Å². The fraction of sp³-hybridized carbons (Fsp3) is 0.188. The number of amides is 1. The number of nitrogens with one attached hydrogen (secondary N) is 1. The summed E-state index contributed by atoms with van der Waals surface area (Å²) in [6, 6.07) is 8.19. The van der Waals surface area contributed by atoms with E-state index in [1.807, 2.05) is 0 Å². The predicted molar refractivity (Wildman–Crippen MR) is 78.1 cm³/mol. The fourth-order valence-corrected chi connectivity index (χ4v) is 2.22. The van der Waals surface area contributed by atoms with Gasteiger partial charge in [-0.05, 0) is 43.7 Å². The summed E-state index contributed by atoms with van der Waals surface area (Å²) in [5.74, 6) is -1.77. The van der Waals surface area contributed by atoms with E-state index in [9.17, 15) is 13.6 Å². The second-order valence-electron chi connectivity index (χ2n) is 4.90. The smallest absolute Gasteiger partial charge is 0.249 e. The minimum Gasteiger partial charge on any atom is -0.378 e. The van der Waals surface area contributed by atoms with Gasteiger partial charge in [-0.1, -0.05) is 12.1 Å². The van der Waals surface area contributed by atoms with Crippen molar-refractivity contribution >= 4 is 11.6 Å². The number of rotatable bonds is 4. The van der Waals surface area contributed by atoms with Crippen molar-refractivity contribution in [3.63, 3.8) is 0 Å². The molecule has 0 fully saturated rings. The molecule has 0 saturated carbocycles. The average Bonchev–Trinajstić information content (AvgIpc) is 2.40. The zero-order valence-electron chi connectivity index (χ0n) is 11.8. The van der Waals surface area contributed by atoms with Crippen LogP contribution >= 0.6 is 0 Å². The number of benzene rings is 2. The molecule has 0 aliphatic heterocycles. The Hall–Kier alpha value is -2.43. The van der Waals surface area contributed by atoms with Gasteiger partial charge in [0.05, 0.1) is 6.04 Å². The van der Waals surface area contributed by atoms with Crippen LogP contribution in [0, 0.1) is 18.6 Å². The fourth-order valence-electron chi connectivity index (χ4n) is 2.22. The average molecular weight is 290 g/mol. The van der Waals surface area contributed by atoms with Crippen molar-refractivity contribution in [2.45, 2.75) is 19.9 Å². The molecule has 0 aliphatic carbocycles. The maximum Gasteiger partial charge on any atom is 0.249 e. The SMILES string of the molecule is Cc1ccc(NC(C)c2c(F)cccc2F)cc1C(N)=O. The Balaban J connectivity index is 2.30. The Kier molecular flexibility index (Phi) is 4.21. The highest BCUT2D eigenvalue weighted by molar-refractivity contribution is 5.95. The Morgan fingerprint density at radius 1 is 1.19 bits per heavy atom. The zero-order chi connectivity index (χ0) is 15.6. The van der Waals surface area contributed by atoms with E-state index in [0.717, 1.165) is 5.56 Å². The molecule has 0 aliphatic rings. The Labute approximate surface area is 121 Å². The van der Waals surface area contributed by atoms with Crippen LogP contribution in [0.4, 0.5) is 14.5 Å². The van der Waals surface area contributed by atoms with Crippen LogP contribution in [-0.2, 0) is 0 Å². The first-order valence-electron chi connectivity index (χ1n) is 6.51. The van der Waals surface area contributed by atoms with Crippen LogP contribution in [0.1, 0.15) is 34.5 Å². The summed E-state index contributed by atoms with van der Waals surface area (Å²) in [5, 5.41) is 2.97. The van der Waals surface area contributed by atoms with E-state index >= 15 is 0 Å². The van der Waals surface area contributed by atoms with Crippen LogP contribution in [0.3, 0.4) is 0 Å². The lowest BCUT2D eigenvalue weighted by atomic mass is 10.0. The van der Waals surface area contributed by atoms with Gasteiger partial charge in [0.2, 0.25) is 5.91 Å². The number of hydrogen-bond donors (Lipinski definition) is 2. The van der Waals surface area contributed by atoms with E-state index < -0.39 is 23.6 Å². The summed E-state index contributed by atoms with van der Waals surface area (Å²) in [4.78, 5) is 11.3. The van der Waals surface area contributed by atoms with Crippen LogP contribution in [0.25, 0.3) is 0 Å². The van der Waals surface area contributed by atoms with Crippen LogP contribution < -0.4 is 11.1 Å². The monoisotopic (exact) mass is 290 g/mol. The highest BCUT2D eigenvalue weighted by Crippen LogP contribution is 2.25. The molecule has 0 aromatic heterocycles. The van der Waals surface area contributed by atoms with Crippen molar-refractivity contribution in [1.29, 1.82) is 0 Å². The van der Waals surface area contributed by atoms with Gasteiger partial charge >= 0.3 is 0 Å². The van der Waals surface area contributed by atoms with Gasteiger partial charge in [0.1, 0.15) is 11.6 Å². The minimum atomic E-state index is -0.614. The molecule has 3 N–H and O–H groups in total. The van der Waals surface area contributed by atoms with Crippen molar-refractivity contribution in [2.24, 2.45) is 5.73 Å². The van der Waals surface area contributed by atoms with E-state index in [4.69, 9.17) is 5.73 Å². The third kappa shape index (κ3) is 3.18. The Morgan fingerprint density at radius 3 is 2.38 bits per heavy atom. The van der Waals surface area contributed by atoms with Crippen molar-refractivity contribution in [3.8, 4) is 0 Å². The maximum absolute atomic E-state index is 13.7. The topological polar surface area (TPSA) is 55.1 Å². The van der Waals surface area contributed by atoms with Gasteiger partial charge in [-0.25, -0.2) is 8.78 Å². The second kappa shape index (κ2) is 5.91. The van der Waals surface area contributed by atoms with Crippen molar-refractivity contribution in [3.05, 3.63) is 64.7 Å². The molecule has 2 rings (SSSR count). The summed E-state index contributed by atoms with van der Waals surface area (Å²) in [6.07, 6.45) is 0. The standard InChI is InChI=1S/C16H16F2N2O/c1-9-6-7-11(8-12(9)16(19)21)20-10(2)15-13(17)4-3-5-14(15)18/h3-8,10,20H,1-2H3,(H2,19,21). The van der Waals surface area contributed by atoms with Crippen LogP contribution in [0.2, 0.25) is 0 Å². The lowest BCUT2D eigenvalue weighted by Crippen LogP contribution is -2.15. The molecule has 0 radical (unpaired) electrons. The number of anilines is 1. The first-order valence-corrected chi connectivity index (χ1v) is 6.51. The van der Waals surface area contributed by atoms with Crippen molar-refractivity contribution in [1.82, 2.24) is 0 Å². The zero-order valence-corrected chi connectivity index (χ0v) is 11.8. The number of hydrogen-bond acceptors (Lipinski definition) is 2. The maximum atomic E-state index is 13.7. The van der Waals surface area contributed by atoms with Gasteiger partial charge in [-0.2, -0.15) is 0 Å². The molecule has 1 amide bonds.